The van der Waals surface area contributed by atoms with E-state index < -0.39 is 20.0 Å². The maximum atomic E-state index is 13.0. The molecule has 3 unspecified atom stereocenters. The first-order chi connectivity index (χ1) is 35.5. The summed E-state index contributed by atoms with van der Waals surface area (Å²) in [7, 11) is 1.58. The van der Waals surface area contributed by atoms with Gasteiger partial charge in [0, 0.05) is 6.42 Å². The Hall–Kier alpha value is -2.06. The van der Waals surface area contributed by atoms with E-state index in [9.17, 15) is 19.4 Å². The highest BCUT2D eigenvalue weighted by atomic mass is 31.2. The summed E-state index contributed by atoms with van der Waals surface area (Å²) in [6.07, 6.45) is 76.0. The number of aliphatic hydroxyl groups excluding tert-OH is 1. The molecule has 1 amide bonds. The number of aliphatic hydroxyl groups is 1. The second kappa shape index (κ2) is 54.7. The molecule has 3 atom stereocenters. The highest BCUT2D eigenvalue weighted by Gasteiger charge is 2.27. The molecule has 0 aromatic rings. The number of rotatable bonds is 56. The molecule has 0 heterocycles. The zero-order chi connectivity index (χ0) is 53.5. The summed E-state index contributed by atoms with van der Waals surface area (Å²) in [5, 5.41) is 13.9. The zero-order valence-corrected chi connectivity index (χ0v) is 49.5. The molecule has 0 aliphatic heterocycles. The Balaban J connectivity index is 3.96. The number of amides is 1. The van der Waals surface area contributed by atoms with Crippen molar-refractivity contribution in [3.8, 4) is 0 Å². The van der Waals surface area contributed by atoms with Gasteiger partial charge in [0.25, 0.3) is 0 Å². The van der Waals surface area contributed by atoms with Crippen molar-refractivity contribution in [1.82, 2.24) is 5.32 Å². The van der Waals surface area contributed by atoms with Gasteiger partial charge in [0.2, 0.25) is 5.91 Å². The lowest BCUT2D eigenvalue weighted by Gasteiger charge is -2.25. The van der Waals surface area contributed by atoms with Crippen molar-refractivity contribution in [3.05, 3.63) is 72.9 Å². The SMILES string of the molecule is CC/C=C\C/C=C\C/C=C\C/C=C\C/C=C\CCCCCCCCCCCCCCCCCCCCCCCC(=O)NC(COP(=O)(O)OCC[N+](C)(C)C)C(O)/C=C/CCCCCCCCCCCCCC. The highest BCUT2D eigenvalue weighted by molar-refractivity contribution is 7.47. The number of unbranched alkanes of at least 4 members (excludes halogenated alkanes) is 33. The smallest absolute Gasteiger partial charge is 0.387 e. The van der Waals surface area contributed by atoms with Crippen LogP contribution in [-0.4, -0.2) is 73.4 Å². The molecule has 0 fully saturated rings. The van der Waals surface area contributed by atoms with Gasteiger partial charge in [-0.2, -0.15) is 0 Å². The third kappa shape index (κ3) is 57.5. The second-order valence-corrected chi connectivity index (χ2v) is 23.5. The van der Waals surface area contributed by atoms with Crippen LogP contribution in [0.4, 0.5) is 0 Å². The van der Waals surface area contributed by atoms with Gasteiger partial charge in [-0.3, -0.25) is 13.8 Å². The summed E-state index contributed by atoms with van der Waals surface area (Å²) >= 11 is 0. The molecule has 0 saturated carbocycles. The highest BCUT2D eigenvalue weighted by Crippen LogP contribution is 2.43. The normalized spacial score (nSPS) is 14.3. The van der Waals surface area contributed by atoms with Gasteiger partial charge in [0.05, 0.1) is 39.9 Å². The van der Waals surface area contributed by atoms with Crippen molar-refractivity contribution in [2.24, 2.45) is 0 Å². The van der Waals surface area contributed by atoms with Crippen molar-refractivity contribution in [3.63, 3.8) is 0 Å². The molecular weight excluding hydrogens is 924 g/mol. The average Bonchev–Trinajstić information content (AvgIpc) is 3.35. The summed E-state index contributed by atoms with van der Waals surface area (Å²) in [6.45, 7) is 4.72. The fourth-order valence-electron chi connectivity index (χ4n) is 8.89. The fraction of sp³-hybridized carbons (Fsp3) is 0.797. The fourth-order valence-corrected chi connectivity index (χ4v) is 9.63. The molecule has 0 radical (unpaired) electrons. The zero-order valence-electron chi connectivity index (χ0n) is 48.6. The number of allylic oxidation sites excluding steroid dienone is 11. The van der Waals surface area contributed by atoms with Crippen LogP contribution >= 0.6 is 7.82 Å². The van der Waals surface area contributed by atoms with Gasteiger partial charge in [-0.05, 0) is 64.2 Å². The number of phosphoric acid groups is 1. The summed E-state index contributed by atoms with van der Waals surface area (Å²) in [6, 6.07) is -0.846. The van der Waals surface area contributed by atoms with Gasteiger partial charge < -0.3 is 19.8 Å². The number of nitrogens with zero attached hydrogens (tertiary/aromatic N) is 1. The van der Waals surface area contributed by atoms with E-state index in [0.717, 1.165) is 70.6 Å². The number of phosphoric ester groups is 1. The number of quaternary nitrogens is 1. The Kier molecular flexibility index (Phi) is 53.2. The van der Waals surface area contributed by atoms with Crippen molar-refractivity contribution in [1.29, 1.82) is 0 Å². The quantitative estimate of drug-likeness (QED) is 0.0243. The lowest BCUT2D eigenvalue weighted by Crippen LogP contribution is -2.45. The molecule has 0 aliphatic carbocycles. The molecule has 0 bridgehead atoms. The number of hydrogen-bond donors (Lipinski definition) is 3. The molecule has 0 aromatic carbocycles. The van der Waals surface area contributed by atoms with Crippen LogP contribution in [0, 0.1) is 0 Å². The Morgan fingerprint density at radius 1 is 0.479 bits per heavy atom. The topological polar surface area (TPSA) is 105 Å². The van der Waals surface area contributed by atoms with Crippen molar-refractivity contribution in [2.75, 3.05) is 40.9 Å². The summed E-state index contributed by atoms with van der Waals surface area (Å²) in [5.41, 5.74) is 0. The van der Waals surface area contributed by atoms with Crippen LogP contribution in [0.15, 0.2) is 72.9 Å². The molecule has 426 valence electrons. The second-order valence-electron chi connectivity index (χ2n) is 22.1. The van der Waals surface area contributed by atoms with Gasteiger partial charge >= 0.3 is 7.82 Å². The Bertz CT molecular complexity index is 1420. The molecular formula is C64H120N2O6P+. The molecule has 9 heteroatoms. The van der Waals surface area contributed by atoms with Crippen molar-refractivity contribution < 1.29 is 32.9 Å². The Labute approximate surface area is 453 Å². The molecule has 0 rings (SSSR count). The minimum Gasteiger partial charge on any atom is -0.387 e. The van der Waals surface area contributed by atoms with E-state index >= 15 is 0 Å². The van der Waals surface area contributed by atoms with Gasteiger partial charge in [0.15, 0.2) is 0 Å². The lowest BCUT2D eigenvalue weighted by atomic mass is 10.0. The average molecular weight is 1040 g/mol. The molecule has 73 heavy (non-hydrogen) atoms. The summed E-state index contributed by atoms with van der Waals surface area (Å²) in [5.74, 6) is -0.175. The Morgan fingerprint density at radius 2 is 0.822 bits per heavy atom. The monoisotopic (exact) mass is 1040 g/mol. The summed E-state index contributed by atoms with van der Waals surface area (Å²) < 4.78 is 23.7. The molecule has 3 N–H and O–H groups in total. The molecule has 0 spiro atoms. The minimum atomic E-state index is -4.34. The van der Waals surface area contributed by atoms with E-state index in [-0.39, 0.29) is 19.1 Å². The van der Waals surface area contributed by atoms with Crippen LogP contribution in [0.5, 0.6) is 0 Å². The molecule has 0 saturated heterocycles. The third-order valence-corrected chi connectivity index (χ3v) is 14.7. The number of hydrogen-bond acceptors (Lipinski definition) is 5. The first kappa shape index (κ1) is 70.9. The number of likely N-dealkylation sites (N-methyl/N-ethyl adjacent to an activating group) is 1. The number of carbonyl (C=O) groups is 1. The Morgan fingerprint density at radius 3 is 1.21 bits per heavy atom. The maximum absolute atomic E-state index is 13.0. The maximum Gasteiger partial charge on any atom is 0.472 e. The van der Waals surface area contributed by atoms with Gasteiger partial charge in [-0.15, -0.1) is 0 Å². The van der Waals surface area contributed by atoms with E-state index in [4.69, 9.17) is 9.05 Å². The molecule has 8 nitrogen and oxygen atoms in total. The molecule has 0 aromatic heterocycles. The van der Waals surface area contributed by atoms with E-state index in [1.807, 2.05) is 27.2 Å². The predicted octanol–water partition coefficient (Wildman–Crippen LogP) is 19.0. The predicted molar refractivity (Wildman–Crippen MR) is 318 cm³/mol. The lowest BCUT2D eigenvalue weighted by molar-refractivity contribution is -0.870. The van der Waals surface area contributed by atoms with Crippen LogP contribution < -0.4 is 5.32 Å². The summed E-state index contributed by atoms with van der Waals surface area (Å²) in [4.78, 5) is 23.3. The van der Waals surface area contributed by atoms with Crippen LogP contribution in [0.2, 0.25) is 0 Å². The van der Waals surface area contributed by atoms with Crippen LogP contribution in [0.25, 0.3) is 0 Å². The first-order valence-corrected chi connectivity index (χ1v) is 32.3. The molecule has 0 aliphatic rings. The largest absolute Gasteiger partial charge is 0.472 e. The van der Waals surface area contributed by atoms with Crippen LogP contribution in [0.3, 0.4) is 0 Å². The van der Waals surface area contributed by atoms with Crippen molar-refractivity contribution >= 4 is 13.7 Å². The van der Waals surface area contributed by atoms with Crippen LogP contribution in [-0.2, 0) is 18.4 Å². The standard InChI is InChI=1S/C64H119N2O6P/c1-6-8-10-12-14-16-18-20-22-23-24-25-26-27-28-29-30-31-32-33-34-35-36-37-38-39-40-41-42-43-44-46-48-50-52-54-56-58-64(68)65-62(61-72-73(69,70)71-60-59-66(3,4)5)63(67)57-55-53-51-49-47-45-21-19-17-15-13-11-9-7-2/h8,10,14,16,20,22,24-25,27-28,55,57,62-63,67H,6-7,9,11-13,15,17-19,21,23,26,29-54,56,58-61H2,1-5H3,(H-,65,68,69,70)/p+1/b10-8-,16-14-,22-20-,25-24-,28-27-,57-55+. The number of carbonyl (C=O) groups excluding carboxylic acids is 1. The van der Waals surface area contributed by atoms with E-state index in [1.165, 1.54) is 186 Å². The van der Waals surface area contributed by atoms with E-state index in [0.29, 0.717) is 17.4 Å². The van der Waals surface area contributed by atoms with Gasteiger partial charge in [-0.1, -0.05) is 279 Å². The number of nitrogens with one attached hydrogen (secondary N) is 1. The van der Waals surface area contributed by atoms with Gasteiger partial charge in [-0.25, -0.2) is 4.57 Å². The van der Waals surface area contributed by atoms with E-state index in [2.05, 4.69) is 79.9 Å². The van der Waals surface area contributed by atoms with E-state index in [1.54, 1.807) is 6.08 Å². The van der Waals surface area contributed by atoms with Crippen molar-refractivity contribution in [2.45, 2.75) is 289 Å². The van der Waals surface area contributed by atoms with Gasteiger partial charge in [0.1, 0.15) is 13.2 Å². The van der Waals surface area contributed by atoms with Crippen LogP contribution in [0.1, 0.15) is 277 Å². The minimum absolute atomic E-state index is 0.0616. The first-order valence-electron chi connectivity index (χ1n) is 30.8. The third-order valence-electron chi connectivity index (χ3n) is 13.7.